The molecular formula is C23H33NOS. The van der Waals surface area contributed by atoms with Crippen LogP contribution in [0.2, 0.25) is 0 Å². The van der Waals surface area contributed by atoms with Crippen molar-refractivity contribution in [2.45, 2.75) is 51.9 Å². The number of piperidine rings is 1. The van der Waals surface area contributed by atoms with Crippen LogP contribution in [0.15, 0.2) is 35.1 Å². The van der Waals surface area contributed by atoms with Crippen LogP contribution in [0, 0.1) is 5.92 Å². The van der Waals surface area contributed by atoms with Crippen LogP contribution in [0.5, 0.6) is 0 Å². The Morgan fingerprint density at radius 1 is 1.23 bits per heavy atom. The maximum Gasteiger partial charge on any atom is 0.0443 e. The molecule has 0 radical (unpaired) electrons. The Balaban J connectivity index is 1.52. The van der Waals surface area contributed by atoms with Gasteiger partial charge in [-0.15, -0.1) is 11.8 Å². The van der Waals surface area contributed by atoms with E-state index in [1.165, 1.54) is 54.6 Å². The normalized spacial score (nSPS) is 19.4. The average molecular weight is 372 g/mol. The molecule has 1 saturated heterocycles. The third-order valence-corrected chi connectivity index (χ3v) is 6.97. The number of rotatable bonds is 7. The van der Waals surface area contributed by atoms with Crippen LogP contribution < -0.4 is 0 Å². The van der Waals surface area contributed by atoms with E-state index in [0.29, 0.717) is 12.5 Å². The number of hydrogen-bond donors (Lipinski definition) is 1. The zero-order valence-electron chi connectivity index (χ0n) is 16.2. The summed E-state index contributed by atoms with van der Waals surface area (Å²) in [6, 6.07) is 7.03. The molecule has 1 aliphatic carbocycles. The Hall–Kier alpha value is -1.03. The van der Waals surface area contributed by atoms with E-state index < -0.39 is 0 Å². The van der Waals surface area contributed by atoms with Crippen LogP contribution in [-0.2, 0) is 12.8 Å². The molecule has 1 aromatic rings. The second-order valence-electron chi connectivity index (χ2n) is 7.77. The lowest BCUT2D eigenvalue weighted by Crippen LogP contribution is -2.34. The van der Waals surface area contributed by atoms with Gasteiger partial charge in [-0.1, -0.05) is 24.8 Å². The lowest BCUT2D eigenvalue weighted by molar-refractivity contribution is 0.180. The SMILES string of the molecule is C=C(S/C=C(\C)c1ccc2c(c1)CCCC2)C1CCN(CCCO)CC1. The van der Waals surface area contributed by atoms with Gasteiger partial charge in [-0.2, -0.15) is 0 Å². The topological polar surface area (TPSA) is 23.5 Å². The molecule has 1 aromatic carbocycles. The van der Waals surface area contributed by atoms with E-state index in [1.807, 2.05) is 11.8 Å². The Labute approximate surface area is 163 Å². The molecule has 0 atom stereocenters. The van der Waals surface area contributed by atoms with Crippen LogP contribution in [0.4, 0.5) is 0 Å². The summed E-state index contributed by atoms with van der Waals surface area (Å²) < 4.78 is 0. The fraction of sp³-hybridized carbons (Fsp3) is 0.565. The zero-order valence-corrected chi connectivity index (χ0v) is 17.0. The molecule has 1 N–H and O–H groups in total. The minimum atomic E-state index is 0.301. The van der Waals surface area contributed by atoms with E-state index in [1.54, 1.807) is 11.1 Å². The van der Waals surface area contributed by atoms with Gasteiger partial charge in [0.1, 0.15) is 0 Å². The summed E-state index contributed by atoms with van der Waals surface area (Å²) in [6.07, 6.45) is 8.46. The highest BCUT2D eigenvalue weighted by Crippen LogP contribution is 2.34. The van der Waals surface area contributed by atoms with Crippen molar-refractivity contribution in [1.29, 1.82) is 0 Å². The van der Waals surface area contributed by atoms with Gasteiger partial charge in [0.15, 0.2) is 0 Å². The number of aryl methyl sites for hydroxylation is 2. The maximum atomic E-state index is 8.97. The molecule has 0 saturated carbocycles. The van der Waals surface area contributed by atoms with Crippen molar-refractivity contribution in [1.82, 2.24) is 4.90 Å². The molecule has 2 nitrogen and oxygen atoms in total. The number of thioether (sulfide) groups is 1. The molecule has 26 heavy (non-hydrogen) atoms. The molecule has 3 rings (SSSR count). The predicted molar refractivity (Wildman–Crippen MR) is 114 cm³/mol. The van der Waals surface area contributed by atoms with Crippen molar-refractivity contribution in [3.05, 3.63) is 51.8 Å². The first kappa shape index (κ1) is 19.7. The number of aliphatic hydroxyl groups is 1. The molecule has 0 aromatic heterocycles. The Morgan fingerprint density at radius 2 is 1.96 bits per heavy atom. The van der Waals surface area contributed by atoms with E-state index in [9.17, 15) is 0 Å². The third-order valence-electron chi connectivity index (χ3n) is 5.87. The van der Waals surface area contributed by atoms with E-state index in [-0.39, 0.29) is 0 Å². The van der Waals surface area contributed by atoms with Crippen LogP contribution in [-0.4, -0.2) is 36.2 Å². The van der Waals surface area contributed by atoms with Gasteiger partial charge in [-0.25, -0.2) is 0 Å². The first-order valence-electron chi connectivity index (χ1n) is 10.1. The minimum absolute atomic E-state index is 0.301. The summed E-state index contributed by atoms with van der Waals surface area (Å²) in [7, 11) is 0. The van der Waals surface area contributed by atoms with Crippen LogP contribution >= 0.6 is 11.8 Å². The third kappa shape index (κ3) is 5.25. The smallest absolute Gasteiger partial charge is 0.0443 e. The fourth-order valence-electron chi connectivity index (χ4n) is 4.08. The first-order chi connectivity index (χ1) is 12.7. The van der Waals surface area contributed by atoms with E-state index in [0.717, 1.165) is 26.1 Å². The van der Waals surface area contributed by atoms with Crippen molar-refractivity contribution in [3.8, 4) is 0 Å². The molecule has 142 valence electrons. The summed E-state index contributed by atoms with van der Waals surface area (Å²) in [6.45, 7) is 10.2. The number of nitrogens with zero attached hydrogens (tertiary/aromatic N) is 1. The molecule has 0 spiro atoms. The number of benzene rings is 1. The Kier molecular flexibility index (Phi) is 7.42. The monoisotopic (exact) mass is 371 g/mol. The van der Waals surface area contributed by atoms with Crippen molar-refractivity contribution in [2.75, 3.05) is 26.2 Å². The van der Waals surface area contributed by atoms with Gasteiger partial charge < -0.3 is 10.0 Å². The summed E-state index contributed by atoms with van der Waals surface area (Å²) in [4.78, 5) is 3.78. The van der Waals surface area contributed by atoms with E-state index >= 15 is 0 Å². The van der Waals surface area contributed by atoms with Crippen molar-refractivity contribution < 1.29 is 5.11 Å². The Morgan fingerprint density at radius 3 is 2.69 bits per heavy atom. The molecule has 1 aliphatic heterocycles. The summed E-state index contributed by atoms with van der Waals surface area (Å²) in [5.41, 5.74) is 5.83. The van der Waals surface area contributed by atoms with Crippen LogP contribution in [0.25, 0.3) is 5.57 Å². The number of likely N-dealkylation sites (tertiary alicyclic amines) is 1. The molecule has 3 heteroatoms. The standard InChI is InChI=1S/C23H33NOS/c1-18(22-9-8-21-6-3-4-7-23(21)16-22)17-26-19(2)20-10-13-24(14-11-20)12-5-15-25/h8-9,16-17,20,25H,2-7,10-15H2,1H3/b18-17+. The van der Waals surface area contributed by atoms with Gasteiger partial charge in [-0.05, 0) is 103 Å². The molecule has 2 aliphatic rings. The lowest BCUT2D eigenvalue weighted by Gasteiger charge is -2.32. The molecule has 0 unspecified atom stereocenters. The van der Waals surface area contributed by atoms with E-state index in [2.05, 4.69) is 42.0 Å². The summed E-state index contributed by atoms with van der Waals surface area (Å²) in [5, 5.41) is 11.3. The predicted octanol–water partition coefficient (Wildman–Crippen LogP) is 5.27. The highest BCUT2D eigenvalue weighted by Gasteiger charge is 2.21. The average Bonchev–Trinajstić information content (AvgIpc) is 2.70. The minimum Gasteiger partial charge on any atom is -0.396 e. The molecule has 0 amide bonds. The first-order valence-corrected chi connectivity index (χ1v) is 11.0. The van der Waals surface area contributed by atoms with Crippen molar-refractivity contribution in [3.63, 3.8) is 0 Å². The fourth-order valence-corrected chi connectivity index (χ4v) is 4.97. The van der Waals surface area contributed by atoms with Gasteiger partial charge in [0, 0.05) is 13.2 Å². The number of aliphatic hydroxyl groups excluding tert-OH is 1. The highest BCUT2D eigenvalue weighted by molar-refractivity contribution is 8.06. The van der Waals surface area contributed by atoms with Gasteiger partial charge >= 0.3 is 0 Å². The maximum absolute atomic E-state index is 8.97. The van der Waals surface area contributed by atoms with Crippen molar-refractivity contribution in [2.24, 2.45) is 5.92 Å². The van der Waals surface area contributed by atoms with Gasteiger partial charge in [0.25, 0.3) is 0 Å². The lowest BCUT2D eigenvalue weighted by atomic mass is 9.89. The van der Waals surface area contributed by atoms with Gasteiger partial charge in [0.2, 0.25) is 0 Å². The molecule has 0 bridgehead atoms. The zero-order chi connectivity index (χ0) is 18.4. The molecule has 1 fully saturated rings. The highest BCUT2D eigenvalue weighted by atomic mass is 32.2. The summed E-state index contributed by atoms with van der Waals surface area (Å²) >= 11 is 1.83. The Bertz CT molecular complexity index is 644. The number of allylic oxidation sites excluding steroid dienone is 2. The quantitative estimate of drug-likeness (QED) is 0.706. The van der Waals surface area contributed by atoms with Crippen LogP contribution in [0.1, 0.15) is 55.7 Å². The van der Waals surface area contributed by atoms with Crippen LogP contribution in [0.3, 0.4) is 0 Å². The summed E-state index contributed by atoms with van der Waals surface area (Å²) in [5.74, 6) is 0.623. The van der Waals surface area contributed by atoms with E-state index in [4.69, 9.17) is 5.11 Å². The second kappa shape index (κ2) is 9.77. The number of hydrogen-bond acceptors (Lipinski definition) is 3. The molecular weight excluding hydrogens is 338 g/mol. The largest absolute Gasteiger partial charge is 0.396 e. The molecule has 1 heterocycles. The van der Waals surface area contributed by atoms with Gasteiger partial charge in [-0.3, -0.25) is 0 Å². The second-order valence-corrected chi connectivity index (χ2v) is 8.76. The number of fused-ring (bicyclic) bond motifs is 1. The van der Waals surface area contributed by atoms with Gasteiger partial charge in [0.05, 0.1) is 0 Å². The van der Waals surface area contributed by atoms with Crippen molar-refractivity contribution >= 4 is 17.3 Å².